The number of carbonyl (C=O) groups excluding carboxylic acids is 1. The summed E-state index contributed by atoms with van der Waals surface area (Å²) in [6, 6.07) is 17.4. The Morgan fingerprint density at radius 3 is 2.38 bits per heavy atom. The number of rotatable bonds is 6. The molecule has 1 amide bonds. The molecule has 2 aromatic carbocycles. The summed E-state index contributed by atoms with van der Waals surface area (Å²) in [5.74, 6) is 0.750. The van der Waals surface area contributed by atoms with Gasteiger partial charge in [0.15, 0.2) is 0 Å². The summed E-state index contributed by atoms with van der Waals surface area (Å²) >= 11 is 0. The molecular weight excluding hydrogens is 348 g/mol. The Bertz CT molecular complexity index is 683. The molecule has 5 heteroatoms. The molecule has 0 unspecified atom stereocenters. The van der Waals surface area contributed by atoms with Crippen LogP contribution in [0.1, 0.15) is 35.7 Å². The second-order valence-electron chi connectivity index (χ2n) is 7.04. The lowest BCUT2D eigenvalue weighted by atomic mass is 9.81. The largest absolute Gasteiger partial charge is 0.489 e. The standard InChI is InChI=1S/C21H26N2O2.ClH/c1-21(11-13-22-14-12-21)16-23-20(24)18-7-9-19(10-8-18)25-15-17-5-3-2-4-6-17;/h2-10,22H,11-16H2,1H3,(H,23,24);1H. The van der Waals surface area contributed by atoms with Crippen molar-refractivity contribution in [2.75, 3.05) is 19.6 Å². The van der Waals surface area contributed by atoms with Crippen LogP contribution in [0.5, 0.6) is 5.75 Å². The summed E-state index contributed by atoms with van der Waals surface area (Å²) in [6.45, 7) is 5.55. The Hall–Kier alpha value is -2.04. The van der Waals surface area contributed by atoms with E-state index < -0.39 is 0 Å². The molecule has 140 valence electrons. The first-order valence-corrected chi connectivity index (χ1v) is 8.90. The van der Waals surface area contributed by atoms with Gasteiger partial charge in [-0.1, -0.05) is 37.3 Å². The fourth-order valence-electron chi connectivity index (χ4n) is 3.05. The Labute approximate surface area is 161 Å². The highest BCUT2D eigenvalue weighted by Gasteiger charge is 2.27. The predicted octanol–water partition coefficient (Wildman–Crippen LogP) is 3.81. The Balaban J connectivity index is 0.00000243. The minimum Gasteiger partial charge on any atom is -0.489 e. The zero-order chi connectivity index (χ0) is 17.5. The van der Waals surface area contributed by atoms with Crippen molar-refractivity contribution in [1.29, 1.82) is 0 Å². The van der Waals surface area contributed by atoms with Gasteiger partial charge in [0, 0.05) is 12.1 Å². The number of piperidine rings is 1. The second kappa shape index (κ2) is 9.60. The average Bonchev–Trinajstić information content (AvgIpc) is 2.66. The number of carbonyl (C=O) groups is 1. The van der Waals surface area contributed by atoms with Gasteiger partial charge in [0.25, 0.3) is 5.91 Å². The third-order valence-corrected chi connectivity index (χ3v) is 4.85. The highest BCUT2D eigenvalue weighted by molar-refractivity contribution is 5.94. The summed E-state index contributed by atoms with van der Waals surface area (Å²) in [5, 5.41) is 6.44. The molecule has 0 aromatic heterocycles. The first-order chi connectivity index (χ1) is 12.1. The van der Waals surface area contributed by atoms with Crippen molar-refractivity contribution in [3.63, 3.8) is 0 Å². The number of halogens is 1. The molecule has 1 aliphatic heterocycles. The van der Waals surface area contributed by atoms with Crippen LogP contribution < -0.4 is 15.4 Å². The molecule has 2 N–H and O–H groups in total. The van der Waals surface area contributed by atoms with Crippen LogP contribution in [0.2, 0.25) is 0 Å². The molecule has 3 rings (SSSR count). The van der Waals surface area contributed by atoms with Crippen LogP contribution in [0.4, 0.5) is 0 Å². The van der Waals surface area contributed by atoms with E-state index in [1.807, 2.05) is 54.6 Å². The molecule has 1 aliphatic rings. The van der Waals surface area contributed by atoms with Crippen LogP contribution in [-0.2, 0) is 6.61 Å². The smallest absolute Gasteiger partial charge is 0.251 e. The fraction of sp³-hybridized carbons (Fsp3) is 0.381. The number of nitrogens with one attached hydrogen (secondary N) is 2. The van der Waals surface area contributed by atoms with E-state index in [9.17, 15) is 4.79 Å². The first-order valence-electron chi connectivity index (χ1n) is 8.90. The maximum Gasteiger partial charge on any atom is 0.251 e. The maximum atomic E-state index is 12.4. The van der Waals surface area contributed by atoms with Crippen molar-refractivity contribution >= 4 is 18.3 Å². The van der Waals surface area contributed by atoms with E-state index >= 15 is 0 Å². The van der Waals surface area contributed by atoms with Crippen molar-refractivity contribution in [1.82, 2.24) is 10.6 Å². The van der Waals surface area contributed by atoms with Gasteiger partial charge in [-0.15, -0.1) is 12.4 Å². The van der Waals surface area contributed by atoms with Crippen LogP contribution in [0.3, 0.4) is 0 Å². The summed E-state index contributed by atoms with van der Waals surface area (Å²) < 4.78 is 5.76. The quantitative estimate of drug-likeness (QED) is 0.808. The number of hydrogen-bond acceptors (Lipinski definition) is 3. The van der Waals surface area contributed by atoms with Crippen molar-refractivity contribution in [2.24, 2.45) is 5.41 Å². The van der Waals surface area contributed by atoms with Crippen molar-refractivity contribution in [3.8, 4) is 5.75 Å². The normalized spacial score (nSPS) is 15.6. The number of amides is 1. The molecule has 0 bridgehead atoms. The Kier molecular flexibility index (Phi) is 7.49. The Morgan fingerprint density at radius 2 is 1.73 bits per heavy atom. The molecule has 0 radical (unpaired) electrons. The van der Waals surface area contributed by atoms with E-state index in [1.54, 1.807) is 0 Å². The second-order valence-corrected chi connectivity index (χ2v) is 7.04. The van der Waals surface area contributed by atoms with E-state index in [-0.39, 0.29) is 23.7 Å². The molecule has 1 fully saturated rings. The van der Waals surface area contributed by atoms with E-state index in [0.29, 0.717) is 12.2 Å². The highest BCUT2D eigenvalue weighted by Crippen LogP contribution is 2.26. The van der Waals surface area contributed by atoms with Gasteiger partial charge in [0.05, 0.1) is 0 Å². The molecular formula is C21H27ClN2O2. The zero-order valence-corrected chi connectivity index (χ0v) is 16.0. The monoisotopic (exact) mass is 374 g/mol. The van der Waals surface area contributed by atoms with Crippen LogP contribution in [0.15, 0.2) is 54.6 Å². The maximum absolute atomic E-state index is 12.4. The summed E-state index contributed by atoms with van der Waals surface area (Å²) in [6.07, 6.45) is 2.19. The van der Waals surface area contributed by atoms with Gasteiger partial charge in [-0.25, -0.2) is 0 Å². The van der Waals surface area contributed by atoms with E-state index in [1.165, 1.54) is 0 Å². The predicted molar refractivity (Wildman–Crippen MR) is 107 cm³/mol. The van der Waals surface area contributed by atoms with Crippen molar-refractivity contribution in [3.05, 3.63) is 65.7 Å². The van der Waals surface area contributed by atoms with Crippen molar-refractivity contribution in [2.45, 2.75) is 26.4 Å². The minimum atomic E-state index is -0.0191. The van der Waals surface area contributed by atoms with Crippen LogP contribution >= 0.6 is 12.4 Å². The fourth-order valence-corrected chi connectivity index (χ4v) is 3.05. The van der Waals surface area contributed by atoms with Gasteiger partial charge >= 0.3 is 0 Å². The molecule has 1 saturated heterocycles. The van der Waals surface area contributed by atoms with Gasteiger partial charge in [-0.3, -0.25) is 4.79 Å². The molecule has 26 heavy (non-hydrogen) atoms. The third-order valence-electron chi connectivity index (χ3n) is 4.85. The average molecular weight is 375 g/mol. The lowest BCUT2D eigenvalue weighted by Gasteiger charge is -2.34. The summed E-state index contributed by atoms with van der Waals surface area (Å²) in [4.78, 5) is 12.4. The van der Waals surface area contributed by atoms with E-state index in [0.717, 1.165) is 43.8 Å². The van der Waals surface area contributed by atoms with Crippen LogP contribution in [-0.4, -0.2) is 25.5 Å². The topological polar surface area (TPSA) is 50.4 Å². The van der Waals surface area contributed by atoms with Gasteiger partial charge in [0.2, 0.25) is 0 Å². The zero-order valence-electron chi connectivity index (χ0n) is 15.2. The molecule has 0 spiro atoms. The molecule has 4 nitrogen and oxygen atoms in total. The molecule has 1 heterocycles. The summed E-state index contributed by atoms with van der Waals surface area (Å²) in [7, 11) is 0. The number of benzene rings is 2. The van der Waals surface area contributed by atoms with Gasteiger partial charge in [-0.05, 0) is 61.2 Å². The minimum absolute atomic E-state index is 0. The molecule has 0 saturated carbocycles. The van der Waals surface area contributed by atoms with Gasteiger partial charge < -0.3 is 15.4 Å². The number of hydrogen-bond donors (Lipinski definition) is 2. The van der Waals surface area contributed by atoms with Gasteiger partial charge in [-0.2, -0.15) is 0 Å². The molecule has 0 atom stereocenters. The summed E-state index contributed by atoms with van der Waals surface area (Å²) in [5.41, 5.74) is 1.99. The van der Waals surface area contributed by atoms with Crippen LogP contribution in [0, 0.1) is 5.41 Å². The van der Waals surface area contributed by atoms with Crippen LogP contribution in [0.25, 0.3) is 0 Å². The first kappa shape index (κ1) is 20.3. The number of ether oxygens (including phenoxy) is 1. The van der Waals surface area contributed by atoms with Crippen molar-refractivity contribution < 1.29 is 9.53 Å². The highest BCUT2D eigenvalue weighted by atomic mass is 35.5. The Morgan fingerprint density at radius 1 is 1.08 bits per heavy atom. The SMILES string of the molecule is CC1(CNC(=O)c2ccc(OCc3ccccc3)cc2)CCNCC1.Cl. The lowest BCUT2D eigenvalue weighted by Crippen LogP contribution is -2.42. The molecule has 2 aromatic rings. The van der Waals surface area contributed by atoms with Gasteiger partial charge in [0.1, 0.15) is 12.4 Å². The molecule has 0 aliphatic carbocycles. The van der Waals surface area contributed by atoms with E-state index in [2.05, 4.69) is 17.6 Å². The third kappa shape index (κ3) is 5.75. The lowest BCUT2D eigenvalue weighted by molar-refractivity contribution is 0.0922. The van der Waals surface area contributed by atoms with E-state index in [4.69, 9.17) is 4.74 Å².